The van der Waals surface area contributed by atoms with Crippen molar-refractivity contribution in [2.45, 2.75) is 64.4 Å². The zero-order valence-electron chi connectivity index (χ0n) is 27.0. The van der Waals surface area contributed by atoms with Crippen LogP contribution in [-0.2, 0) is 38.8 Å². The topological polar surface area (TPSA) is 108 Å². The Kier molecular flexibility index (Phi) is 11.9. The van der Waals surface area contributed by atoms with Gasteiger partial charge in [0.25, 0.3) is 0 Å². The second kappa shape index (κ2) is 16.5. The second-order valence-electron chi connectivity index (χ2n) is 12.4. The Balaban J connectivity index is 1.33. The van der Waals surface area contributed by atoms with Crippen molar-refractivity contribution in [3.63, 3.8) is 0 Å². The lowest BCUT2D eigenvalue weighted by Crippen LogP contribution is -2.43. The molecule has 0 bridgehead atoms. The summed E-state index contributed by atoms with van der Waals surface area (Å²) < 4.78 is 13.4. The number of rotatable bonds is 14. The minimum atomic E-state index is -0.899. The number of amides is 1. The second-order valence-corrected chi connectivity index (χ2v) is 12.4. The summed E-state index contributed by atoms with van der Waals surface area (Å²) in [4.78, 5) is 25.2. The number of carboxylic acids is 1. The number of likely N-dealkylation sites (N-methyl/N-ethyl adjacent to an activating group) is 1. The van der Waals surface area contributed by atoms with Crippen LogP contribution < -0.4 is 5.32 Å². The van der Waals surface area contributed by atoms with Crippen LogP contribution in [0.3, 0.4) is 0 Å². The third-order valence-electron chi connectivity index (χ3n) is 8.61. The molecule has 0 aliphatic carbocycles. The lowest BCUT2D eigenvalue weighted by atomic mass is 9.90. The molecule has 5 rings (SSSR count). The smallest absolute Gasteiger partial charge is 0.303 e. The Hall–Kier alpha value is -4.34. The predicted octanol–water partition coefficient (Wildman–Crippen LogP) is 6.64. The van der Waals surface area contributed by atoms with Gasteiger partial charge in [0.2, 0.25) is 5.91 Å². The molecular formula is C39H44N2O6. The van der Waals surface area contributed by atoms with E-state index in [1.807, 2.05) is 66.7 Å². The molecule has 0 unspecified atom stereocenters. The normalized spacial score (nSPS) is 19.4. The number of carbonyl (C=O) groups excluding carboxylic acids is 1. The van der Waals surface area contributed by atoms with E-state index in [4.69, 9.17) is 14.6 Å². The molecule has 0 radical (unpaired) electrons. The van der Waals surface area contributed by atoms with Gasteiger partial charge in [0.1, 0.15) is 0 Å². The molecule has 3 N–H and O–H groups in total. The molecule has 1 saturated heterocycles. The molecule has 1 aliphatic heterocycles. The van der Waals surface area contributed by atoms with Crippen LogP contribution in [0, 0.1) is 5.92 Å². The van der Waals surface area contributed by atoms with Crippen molar-refractivity contribution in [1.29, 1.82) is 0 Å². The van der Waals surface area contributed by atoms with E-state index in [2.05, 4.69) is 60.6 Å². The van der Waals surface area contributed by atoms with Crippen LogP contribution in [0.1, 0.15) is 66.4 Å². The Morgan fingerprint density at radius 2 is 1.49 bits per heavy atom. The number of hydrogen-bond donors (Lipinski definition) is 3. The summed E-state index contributed by atoms with van der Waals surface area (Å²) in [6.07, 6.45) is -0.411. The largest absolute Gasteiger partial charge is 0.481 e. The average Bonchev–Trinajstić information content (AvgIpc) is 3.09. The number of nitrogens with one attached hydrogen (secondary N) is 1. The highest BCUT2D eigenvalue weighted by molar-refractivity contribution is 5.76. The van der Waals surface area contributed by atoms with Crippen molar-refractivity contribution in [3.8, 4) is 11.1 Å². The van der Waals surface area contributed by atoms with E-state index in [1.54, 1.807) is 0 Å². The van der Waals surface area contributed by atoms with E-state index in [0.717, 1.165) is 46.5 Å². The van der Waals surface area contributed by atoms with Crippen LogP contribution in [0.5, 0.6) is 0 Å². The van der Waals surface area contributed by atoms with E-state index in [1.165, 1.54) is 5.56 Å². The van der Waals surface area contributed by atoms with E-state index in [-0.39, 0.29) is 43.5 Å². The lowest BCUT2D eigenvalue weighted by molar-refractivity contribution is -0.276. The minimum Gasteiger partial charge on any atom is -0.481 e. The maximum absolute atomic E-state index is 12.2. The minimum absolute atomic E-state index is 0.00679. The van der Waals surface area contributed by atoms with E-state index in [0.29, 0.717) is 13.0 Å². The Morgan fingerprint density at radius 3 is 2.21 bits per heavy atom. The van der Waals surface area contributed by atoms with Gasteiger partial charge >= 0.3 is 5.97 Å². The summed E-state index contributed by atoms with van der Waals surface area (Å²) in [5.74, 6) is -0.989. The fraction of sp³-hybridized carbons (Fsp3) is 0.333. The number of aliphatic hydroxyl groups is 1. The summed E-state index contributed by atoms with van der Waals surface area (Å²) in [6, 6.07) is 34.6. The number of carbonyl (C=O) groups is 2. The van der Waals surface area contributed by atoms with Crippen LogP contribution in [-0.4, -0.2) is 46.7 Å². The van der Waals surface area contributed by atoms with Crippen molar-refractivity contribution in [2.75, 3.05) is 13.6 Å². The van der Waals surface area contributed by atoms with Crippen LogP contribution in [0.2, 0.25) is 0 Å². The molecule has 0 spiro atoms. The highest BCUT2D eigenvalue weighted by Gasteiger charge is 2.39. The predicted molar refractivity (Wildman–Crippen MR) is 181 cm³/mol. The van der Waals surface area contributed by atoms with Crippen molar-refractivity contribution >= 4 is 11.9 Å². The average molecular weight is 637 g/mol. The van der Waals surface area contributed by atoms with Gasteiger partial charge in [-0.1, -0.05) is 97.9 Å². The SMILES string of the molecule is C[C@@H]1[C@H](CN(C)Cc2ccccc2)O[C@H](c2cccc(-c3cccc(CNC(=O)CCCC(=O)O)c3)c2)O[C@@H]1c1ccc(CO)cc1. The van der Waals surface area contributed by atoms with Crippen LogP contribution in [0.25, 0.3) is 11.1 Å². The fourth-order valence-corrected chi connectivity index (χ4v) is 6.01. The van der Waals surface area contributed by atoms with Gasteiger partial charge in [-0.25, -0.2) is 0 Å². The zero-order valence-corrected chi connectivity index (χ0v) is 27.0. The van der Waals surface area contributed by atoms with Gasteiger partial charge in [-0.3, -0.25) is 14.5 Å². The first-order chi connectivity index (χ1) is 22.8. The Bertz CT molecular complexity index is 1610. The van der Waals surface area contributed by atoms with Crippen LogP contribution in [0.15, 0.2) is 103 Å². The lowest BCUT2D eigenvalue weighted by Gasteiger charge is -2.42. The molecular weight excluding hydrogens is 592 g/mol. The number of ether oxygens (including phenoxy) is 2. The zero-order chi connectivity index (χ0) is 33.2. The monoisotopic (exact) mass is 636 g/mol. The molecule has 1 aliphatic rings. The molecule has 8 heteroatoms. The van der Waals surface area contributed by atoms with Crippen LogP contribution >= 0.6 is 0 Å². The molecule has 1 fully saturated rings. The number of carboxylic acid groups (broad SMARTS) is 1. The molecule has 8 nitrogen and oxygen atoms in total. The van der Waals surface area contributed by atoms with Gasteiger partial charge in [0, 0.05) is 44.0 Å². The maximum atomic E-state index is 12.2. The standard InChI is InChI=1S/C39H44N2O6/c1-27-35(25-41(2)24-28-9-4-3-5-10-28)46-39(47-38(27)31-19-17-29(26-42)18-20-31)34-14-7-13-33(22-34)32-12-6-11-30(21-32)23-40-36(43)15-8-16-37(44)45/h3-7,9-14,17-22,27,35,38-39,42H,8,15-16,23-26H2,1-2H3,(H,40,43)(H,44,45)/t27-,35+,38+,39+/m1/s1. The molecule has 246 valence electrons. The first kappa shape index (κ1) is 34.0. The highest BCUT2D eigenvalue weighted by Crippen LogP contribution is 2.42. The quantitative estimate of drug-likeness (QED) is 0.142. The van der Waals surface area contributed by atoms with E-state index < -0.39 is 12.3 Å². The van der Waals surface area contributed by atoms with Crippen molar-refractivity contribution in [2.24, 2.45) is 5.92 Å². The number of aliphatic hydroxyl groups excluding tert-OH is 1. The molecule has 4 aromatic rings. The fourth-order valence-electron chi connectivity index (χ4n) is 6.01. The maximum Gasteiger partial charge on any atom is 0.303 e. The summed E-state index contributed by atoms with van der Waals surface area (Å²) in [5.41, 5.74) is 7.03. The molecule has 1 heterocycles. The molecule has 1 amide bonds. The molecule has 0 saturated carbocycles. The van der Waals surface area contributed by atoms with Gasteiger partial charge < -0.3 is 25.0 Å². The molecule has 0 aromatic heterocycles. The summed E-state index contributed by atoms with van der Waals surface area (Å²) in [7, 11) is 2.12. The Labute approximate surface area is 277 Å². The first-order valence-corrected chi connectivity index (χ1v) is 16.2. The third kappa shape index (κ3) is 9.59. The van der Waals surface area contributed by atoms with Gasteiger partial charge in [-0.2, -0.15) is 0 Å². The number of aliphatic carboxylic acids is 1. The summed E-state index contributed by atoms with van der Waals surface area (Å²) in [6.45, 7) is 4.07. The van der Waals surface area contributed by atoms with E-state index in [9.17, 15) is 14.7 Å². The molecule has 4 aromatic carbocycles. The van der Waals surface area contributed by atoms with Gasteiger partial charge in [0.05, 0.1) is 18.8 Å². The van der Waals surface area contributed by atoms with Crippen LogP contribution in [0.4, 0.5) is 0 Å². The third-order valence-corrected chi connectivity index (χ3v) is 8.61. The molecule has 47 heavy (non-hydrogen) atoms. The number of benzene rings is 4. The van der Waals surface area contributed by atoms with Gasteiger partial charge in [-0.05, 0) is 59.0 Å². The van der Waals surface area contributed by atoms with Gasteiger partial charge in [-0.15, -0.1) is 0 Å². The van der Waals surface area contributed by atoms with Gasteiger partial charge in [0.15, 0.2) is 6.29 Å². The first-order valence-electron chi connectivity index (χ1n) is 16.2. The number of hydrogen-bond acceptors (Lipinski definition) is 6. The Morgan fingerprint density at radius 1 is 0.787 bits per heavy atom. The van der Waals surface area contributed by atoms with Crippen molar-refractivity contribution < 1.29 is 29.3 Å². The number of nitrogens with zero attached hydrogens (tertiary/aromatic N) is 1. The summed E-state index contributed by atoms with van der Waals surface area (Å²) >= 11 is 0. The molecule has 4 atom stereocenters. The summed E-state index contributed by atoms with van der Waals surface area (Å²) in [5, 5.41) is 21.3. The van der Waals surface area contributed by atoms with Crippen molar-refractivity contribution in [1.82, 2.24) is 10.2 Å². The van der Waals surface area contributed by atoms with E-state index >= 15 is 0 Å². The van der Waals surface area contributed by atoms with Crippen molar-refractivity contribution in [3.05, 3.63) is 131 Å². The highest BCUT2D eigenvalue weighted by atomic mass is 16.7.